The largest absolute Gasteiger partial charge is 0.496 e. The van der Waals surface area contributed by atoms with Gasteiger partial charge in [0, 0.05) is 12.7 Å². The summed E-state index contributed by atoms with van der Waals surface area (Å²) >= 11 is 1.35. The maximum atomic E-state index is 12.3. The van der Waals surface area contributed by atoms with Gasteiger partial charge in [-0.25, -0.2) is 0 Å². The number of aromatic nitrogens is 3. The van der Waals surface area contributed by atoms with Crippen LogP contribution in [0.15, 0.2) is 53.7 Å². The van der Waals surface area contributed by atoms with Crippen molar-refractivity contribution in [3.05, 3.63) is 54.1 Å². The maximum absolute atomic E-state index is 12.3. The van der Waals surface area contributed by atoms with E-state index in [1.54, 1.807) is 7.11 Å². The molecule has 1 aromatic heterocycles. The molecule has 7 heteroatoms. The first-order valence-electron chi connectivity index (χ1n) is 9.66. The van der Waals surface area contributed by atoms with Crippen LogP contribution in [0.1, 0.15) is 25.3 Å². The lowest BCUT2D eigenvalue weighted by Crippen LogP contribution is -2.14. The van der Waals surface area contributed by atoms with Gasteiger partial charge in [0.1, 0.15) is 5.75 Å². The van der Waals surface area contributed by atoms with Gasteiger partial charge in [0.15, 0.2) is 11.0 Å². The zero-order valence-corrected chi connectivity index (χ0v) is 17.8. The summed E-state index contributed by atoms with van der Waals surface area (Å²) in [4.78, 5) is 12.3. The van der Waals surface area contributed by atoms with Crippen LogP contribution in [-0.2, 0) is 18.3 Å². The number of aryl methyl sites for hydroxylation is 1. The average Bonchev–Trinajstić information content (AvgIpc) is 3.12. The van der Waals surface area contributed by atoms with Crippen LogP contribution in [0.3, 0.4) is 0 Å². The molecule has 0 unspecified atom stereocenters. The van der Waals surface area contributed by atoms with E-state index in [2.05, 4.69) is 34.6 Å². The number of hydrogen-bond acceptors (Lipinski definition) is 5. The van der Waals surface area contributed by atoms with Crippen molar-refractivity contribution in [2.75, 3.05) is 18.2 Å². The zero-order valence-electron chi connectivity index (χ0n) is 17.0. The summed E-state index contributed by atoms with van der Waals surface area (Å²) in [6.45, 7) is 2.18. The second-order valence-electron chi connectivity index (χ2n) is 6.70. The Labute approximate surface area is 175 Å². The van der Waals surface area contributed by atoms with Gasteiger partial charge in [-0.2, -0.15) is 0 Å². The number of carbonyl (C=O) groups excluding carboxylic acids is 1. The molecule has 0 aliphatic heterocycles. The molecule has 1 amide bonds. The Hall–Kier alpha value is -2.80. The number of amides is 1. The first-order chi connectivity index (χ1) is 14.1. The molecule has 0 aliphatic rings. The molecule has 0 radical (unpaired) electrons. The van der Waals surface area contributed by atoms with Gasteiger partial charge < -0.3 is 14.6 Å². The Kier molecular flexibility index (Phi) is 7.30. The number of thioether (sulfide) groups is 1. The molecule has 0 spiro atoms. The van der Waals surface area contributed by atoms with Crippen LogP contribution in [0.25, 0.3) is 11.4 Å². The third kappa shape index (κ3) is 5.38. The molecule has 1 N–H and O–H groups in total. The average molecular weight is 411 g/mol. The first-order valence-corrected chi connectivity index (χ1v) is 10.6. The molecular formula is C22H26N4O2S. The number of nitrogens with zero attached hydrogens (tertiary/aromatic N) is 3. The molecule has 3 rings (SSSR count). The smallest absolute Gasteiger partial charge is 0.234 e. The lowest BCUT2D eigenvalue weighted by molar-refractivity contribution is -0.113. The van der Waals surface area contributed by atoms with Crippen LogP contribution in [0.5, 0.6) is 5.75 Å². The number of methoxy groups -OCH3 is 1. The Bertz CT molecular complexity index is 954. The molecule has 29 heavy (non-hydrogen) atoms. The number of hydrogen-bond donors (Lipinski definition) is 1. The van der Waals surface area contributed by atoms with E-state index in [9.17, 15) is 4.79 Å². The van der Waals surface area contributed by atoms with Crippen molar-refractivity contribution in [2.45, 2.75) is 31.3 Å². The number of rotatable bonds is 9. The van der Waals surface area contributed by atoms with Crippen LogP contribution in [-0.4, -0.2) is 33.5 Å². The Morgan fingerprint density at radius 1 is 1.14 bits per heavy atom. The Balaban J connectivity index is 1.59. The fraction of sp³-hybridized carbons (Fsp3) is 0.318. The van der Waals surface area contributed by atoms with Gasteiger partial charge >= 0.3 is 0 Å². The van der Waals surface area contributed by atoms with Gasteiger partial charge in [-0.3, -0.25) is 4.79 Å². The molecule has 0 saturated carbocycles. The number of carbonyl (C=O) groups is 1. The molecule has 0 aliphatic carbocycles. The standard InChI is InChI=1S/C22H26N4O2S/c1-4-5-8-16-11-13-17(14-12-16)23-20(27)15-29-22-25-24-21(26(22)2)18-9-6-7-10-19(18)28-3/h6-7,9-14H,4-5,8,15H2,1-3H3,(H,23,27). The highest BCUT2D eigenvalue weighted by molar-refractivity contribution is 7.99. The third-order valence-corrected chi connectivity index (χ3v) is 5.59. The highest BCUT2D eigenvalue weighted by Gasteiger charge is 2.15. The van der Waals surface area contributed by atoms with E-state index in [1.807, 2.05) is 48.0 Å². The molecule has 0 atom stereocenters. The normalized spacial score (nSPS) is 10.7. The number of anilines is 1. The van der Waals surface area contributed by atoms with Gasteiger partial charge in [-0.05, 0) is 42.7 Å². The lowest BCUT2D eigenvalue weighted by Gasteiger charge is -2.08. The van der Waals surface area contributed by atoms with Crippen LogP contribution >= 0.6 is 11.8 Å². The van der Waals surface area contributed by atoms with Crippen molar-refractivity contribution >= 4 is 23.4 Å². The van der Waals surface area contributed by atoms with Crippen molar-refractivity contribution in [3.8, 4) is 17.1 Å². The van der Waals surface area contributed by atoms with Crippen molar-refractivity contribution in [3.63, 3.8) is 0 Å². The van der Waals surface area contributed by atoms with E-state index in [4.69, 9.17) is 4.74 Å². The minimum atomic E-state index is -0.0712. The van der Waals surface area contributed by atoms with Crippen molar-refractivity contribution in [2.24, 2.45) is 7.05 Å². The van der Waals surface area contributed by atoms with Gasteiger partial charge in [0.05, 0.1) is 18.4 Å². The third-order valence-electron chi connectivity index (χ3n) is 4.57. The summed E-state index contributed by atoms with van der Waals surface area (Å²) in [5.41, 5.74) is 2.97. The van der Waals surface area contributed by atoms with E-state index in [-0.39, 0.29) is 11.7 Å². The summed E-state index contributed by atoms with van der Waals surface area (Å²) in [5, 5.41) is 12.1. The Morgan fingerprint density at radius 2 is 1.90 bits per heavy atom. The minimum absolute atomic E-state index is 0.0712. The predicted octanol–water partition coefficient (Wildman–Crippen LogP) is 4.56. The van der Waals surface area contributed by atoms with E-state index in [0.717, 1.165) is 23.4 Å². The van der Waals surface area contributed by atoms with E-state index >= 15 is 0 Å². The van der Waals surface area contributed by atoms with Crippen molar-refractivity contribution < 1.29 is 9.53 Å². The second kappa shape index (κ2) is 10.1. The van der Waals surface area contributed by atoms with Gasteiger partial charge in [0.25, 0.3) is 0 Å². The van der Waals surface area contributed by atoms with Crippen LogP contribution in [0, 0.1) is 0 Å². The first kappa shape index (κ1) is 20.9. The highest BCUT2D eigenvalue weighted by Crippen LogP contribution is 2.30. The molecule has 0 saturated heterocycles. The lowest BCUT2D eigenvalue weighted by atomic mass is 10.1. The van der Waals surface area contributed by atoms with Crippen molar-refractivity contribution in [1.82, 2.24) is 14.8 Å². The summed E-state index contributed by atoms with van der Waals surface area (Å²) in [6, 6.07) is 15.7. The van der Waals surface area contributed by atoms with Crippen LogP contribution < -0.4 is 10.1 Å². The van der Waals surface area contributed by atoms with Gasteiger partial charge in [0.2, 0.25) is 5.91 Å². The Morgan fingerprint density at radius 3 is 2.62 bits per heavy atom. The highest BCUT2D eigenvalue weighted by atomic mass is 32.2. The fourth-order valence-corrected chi connectivity index (χ4v) is 3.68. The second-order valence-corrected chi connectivity index (χ2v) is 7.65. The molecule has 6 nitrogen and oxygen atoms in total. The SMILES string of the molecule is CCCCc1ccc(NC(=O)CSc2nnc(-c3ccccc3OC)n2C)cc1. The number of nitrogens with one attached hydrogen (secondary N) is 1. The van der Waals surface area contributed by atoms with E-state index < -0.39 is 0 Å². The monoisotopic (exact) mass is 410 g/mol. The molecule has 3 aromatic rings. The summed E-state index contributed by atoms with van der Waals surface area (Å²) in [7, 11) is 3.52. The number of unbranched alkanes of at least 4 members (excludes halogenated alkanes) is 1. The molecular weight excluding hydrogens is 384 g/mol. The topological polar surface area (TPSA) is 69.0 Å². The summed E-state index contributed by atoms with van der Waals surface area (Å²) in [5.74, 6) is 1.63. The molecule has 0 bridgehead atoms. The zero-order chi connectivity index (χ0) is 20.6. The molecule has 152 valence electrons. The van der Waals surface area contributed by atoms with Gasteiger partial charge in [-0.15, -0.1) is 10.2 Å². The van der Waals surface area contributed by atoms with E-state index in [0.29, 0.717) is 11.0 Å². The predicted molar refractivity (Wildman–Crippen MR) is 117 cm³/mol. The minimum Gasteiger partial charge on any atom is -0.496 e. The van der Waals surface area contributed by atoms with Crippen LogP contribution in [0.4, 0.5) is 5.69 Å². The molecule has 1 heterocycles. The van der Waals surface area contributed by atoms with Crippen molar-refractivity contribution in [1.29, 1.82) is 0 Å². The quantitative estimate of drug-likeness (QED) is 0.524. The summed E-state index contributed by atoms with van der Waals surface area (Å²) in [6.07, 6.45) is 3.43. The molecule has 0 fully saturated rings. The number of para-hydroxylation sites is 1. The fourth-order valence-electron chi connectivity index (χ4n) is 2.97. The van der Waals surface area contributed by atoms with Crippen LogP contribution in [0.2, 0.25) is 0 Å². The van der Waals surface area contributed by atoms with E-state index in [1.165, 1.54) is 30.2 Å². The summed E-state index contributed by atoms with van der Waals surface area (Å²) < 4.78 is 7.28. The maximum Gasteiger partial charge on any atom is 0.234 e. The molecule has 2 aromatic carbocycles. The van der Waals surface area contributed by atoms with Gasteiger partial charge in [-0.1, -0.05) is 49.4 Å². The number of ether oxygens (including phenoxy) is 1. The number of benzene rings is 2.